The number of pyridine rings is 1. The molecule has 28 heavy (non-hydrogen) atoms. The predicted octanol–water partition coefficient (Wildman–Crippen LogP) is 3.04. The third kappa shape index (κ3) is 4.97. The van der Waals surface area contributed by atoms with Crippen molar-refractivity contribution in [3.63, 3.8) is 0 Å². The standard InChI is InChI=1S/C23H29N3O2/c27-23(26-14-10-19-6-1-2-7-20(19)16-26)11-13-25(18-22-9-5-15-28-22)17-21-8-3-4-12-24-21/h1-4,6-8,12,22H,5,9-11,13-18H2/t22-/m1/s1. The van der Waals surface area contributed by atoms with E-state index in [-0.39, 0.29) is 12.0 Å². The zero-order chi connectivity index (χ0) is 19.2. The van der Waals surface area contributed by atoms with E-state index in [2.05, 4.69) is 34.1 Å². The van der Waals surface area contributed by atoms with Gasteiger partial charge in [0.05, 0.1) is 11.8 Å². The second-order valence-electron chi connectivity index (χ2n) is 7.78. The Morgan fingerprint density at radius 3 is 2.82 bits per heavy atom. The van der Waals surface area contributed by atoms with Crippen LogP contribution in [0.25, 0.3) is 0 Å². The highest BCUT2D eigenvalue weighted by atomic mass is 16.5. The van der Waals surface area contributed by atoms with E-state index < -0.39 is 0 Å². The maximum atomic E-state index is 12.9. The molecule has 2 aromatic rings. The number of nitrogens with zero attached hydrogens (tertiary/aromatic N) is 3. The van der Waals surface area contributed by atoms with Gasteiger partial charge in [0.25, 0.3) is 0 Å². The van der Waals surface area contributed by atoms with Crippen molar-refractivity contribution in [2.24, 2.45) is 0 Å². The van der Waals surface area contributed by atoms with Crippen LogP contribution in [0.5, 0.6) is 0 Å². The lowest BCUT2D eigenvalue weighted by atomic mass is 10.00. The Balaban J connectivity index is 1.34. The fourth-order valence-electron chi connectivity index (χ4n) is 4.15. The van der Waals surface area contributed by atoms with Crippen LogP contribution in [0.15, 0.2) is 48.7 Å². The van der Waals surface area contributed by atoms with E-state index in [4.69, 9.17) is 4.74 Å². The van der Waals surface area contributed by atoms with Crippen molar-refractivity contribution in [3.8, 4) is 0 Å². The van der Waals surface area contributed by atoms with Crippen molar-refractivity contribution in [1.82, 2.24) is 14.8 Å². The van der Waals surface area contributed by atoms with Gasteiger partial charge in [-0.05, 0) is 42.5 Å². The van der Waals surface area contributed by atoms with Gasteiger partial charge < -0.3 is 9.64 Å². The van der Waals surface area contributed by atoms with Crippen molar-refractivity contribution in [1.29, 1.82) is 0 Å². The number of ether oxygens (including phenoxy) is 1. The number of hydrogen-bond donors (Lipinski definition) is 0. The van der Waals surface area contributed by atoms with E-state index in [1.165, 1.54) is 11.1 Å². The quantitative estimate of drug-likeness (QED) is 0.742. The lowest BCUT2D eigenvalue weighted by Gasteiger charge is -2.30. The van der Waals surface area contributed by atoms with E-state index in [1.807, 2.05) is 29.3 Å². The van der Waals surface area contributed by atoms with Crippen molar-refractivity contribution >= 4 is 5.91 Å². The van der Waals surface area contributed by atoms with Crippen molar-refractivity contribution in [2.75, 3.05) is 26.2 Å². The molecule has 1 aromatic heterocycles. The first kappa shape index (κ1) is 19.1. The van der Waals surface area contributed by atoms with Crippen LogP contribution in [-0.2, 0) is 29.0 Å². The number of benzene rings is 1. The molecule has 148 valence electrons. The zero-order valence-corrected chi connectivity index (χ0v) is 16.4. The summed E-state index contributed by atoms with van der Waals surface area (Å²) in [5, 5.41) is 0. The van der Waals surface area contributed by atoms with E-state index in [9.17, 15) is 4.79 Å². The van der Waals surface area contributed by atoms with Gasteiger partial charge in [-0.1, -0.05) is 30.3 Å². The number of fused-ring (bicyclic) bond motifs is 1. The average molecular weight is 380 g/mol. The zero-order valence-electron chi connectivity index (χ0n) is 16.4. The van der Waals surface area contributed by atoms with Gasteiger partial charge in [-0.3, -0.25) is 14.7 Å². The molecule has 1 saturated heterocycles. The minimum Gasteiger partial charge on any atom is -0.377 e. The Morgan fingerprint density at radius 1 is 1.18 bits per heavy atom. The molecule has 5 nitrogen and oxygen atoms in total. The first-order chi connectivity index (χ1) is 13.8. The molecule has 2 aliphatic rings. The highest BCUT2D eigenvalue weighted by Crippen LogP contribution is 2.20. The molecular formula is C23H29N3O2. The van der Waals surface area contributed by atoms with Crippen LogP contribution in [0.2, 0.25) is 0 Å². The average Bonchev–Trinajstić information content (AvgIpc) is 3.25. The van der Waals surface area contributed by atoms with Crippen LogP contribution >= 0.6 is 0 Å². The summed E-state index contributed by atoms with van der Waals surface area (Å²) in [6.07, 6.45) is 5.84. The molecule has 0 unspecified atom stereocenters. The molecule has 1 fully saturated rings. The van der Waals surface area contributed by atoms with Gasteiger partial charge in [0.2, 0.25) is 5.91 Å². The lowest BCUT2D eigenvalue weighted by Crippen LogP contribution is -2.39. The minimum atomic E-state index is 0.243. The van der Waals surface area contributed by atoms with Crippen molar-refractivity contribution < 1.29 is 9.53 Å². The molecule has 0 radical (unpaired) electrons. The number of hydrogen-bond acceptors (Lipinski definition) is 4. The van der Waals surface area contributed by atoms with Gasteiger partial charge in [0.15, 0.2) is 0 Å². The summed E-state index contributed by atoms with van der Waals surface area (Å²) in [6.45, 7) is 4.79. The molecule has 1 atom stereocenters. The minimum absolute atomic E-state index is 0.243. The van der Waals surface area contributed by atoms with Gasteiger partial charge in [-0.15, -0.1) is 0 Å². The van der Waals surface area contributed by atoms with Crippen LogP contribution in [0, 0.1) is 0 Å². The molecule has 0 aliphatic carbocycles. The first-order valence-electron chi connectivity index (χ1n) is 10.4. The SMILES string of the molecule is O=C(CCN(Cc1ccccn1)C[C@H]1CCCO1)N1CCc2ccccc2C1. The van der Waals surface area contributed by atoms with Gasteiger partial charge in [-0.25, -0.2) is 0 Å². The number of aromatic nitrogens is 1. The molecule has 5 heteroatoms. The maximum Gasteiger partial charge on any atom is 0.224 e. The van der Waals surface area contributed by atoms with Crippen LogP contribution in [0.4, 0.5) is 0 Å². The van der Waals surface area contributed by atoms with Crippen LogP contribution < -0.4 is 0 Å². The smallest absolute Gasteiger partial charge is 0.224 e. The Labute approximate surface area is 167 Å². The summed E-state index contributed by atoms with van der Waals surface area (Å²) in [5.41, 5.74) is 3.70. The van der Waals surface area contributed by atoms with E-state index in [1.54, 1.807) is 0 Å². The van der Waals surface area contributed by atoms with Gasteiger partial charge in [0.1, 0.15) is 0 Å². The highest BCUT2D eigenvalue weighted by molar-refractivity contribution is 5.76. The summed E-state index contributed by atoms with van der Waals surface area (Å²) < 4.78 is 5.83. The van der Waals surface area contributed by atoms with Crippen LogP contribution in [0.1, 0.15) is 36.1 Å². The van der Waals surface area contributed by atoms with Gasteiger partial charge in [0, 0.05) is 51.9 Å². The van der Waals surface area contributed by atoms with E-state index in [0.717, 1.165) is 64.3 Å². The third-order valence-corrected chi connectivity index (χ3v) is 5.72. The summed E-state index contributed by atoms with van der Waals surface area (Å²) in [5.74, 6) is 0.243. The van der Waals surface area contributed by atoms with Crippen molar-refractivity contribution in [2.45, 2.75) is 44.9 Å². The fourth-order valence-corrected chi connectivity index (χ4v) is 4.15. The highest BCUT2D eigenvalue weighted by Gasteiger charge is 2.23. The van der Waals surface area contributed by atoms with Crippen molar-refractivity contribution in [3.05, 3.63) is 65.5 Å². The molecule has 2 aliphatic heterocycles. The molecule has 3 heterocycles. The largest absolute Gasteiger partial charge is 0.377 e. The van der Waals surface area contributed by atoms with Crippen LogP contribution in [-0.4, -0.2) is 53.0 Å². The fraction of sp³-hybridized carbons (Fsp3) is 0.478. The number of carbonyl (C=O) groups excluding carboxylic acids is 1. The normalized spacial score (nSPS) is 19.0. The first-order valence-corrected chi connectivity index (χ1v) is 10.4. The van der Waals surface area contributed by atoms with Gasteiger partial charge in [-0.2, -0.15) is 0 Å². The molecule has 0 saturated carbocycles. The van der Waals surface area contributed by atoms with E-state index >= 15 is 0 Å². The Morgan fingerprint density at radius 2 is 2.04 bits per heavy atom. The Bertz CT molecular complexity index is 774. The maximum absolute atomic E-state index is 12.9. The lowest BCUT2D eigenvalue weighted by molar-refractivity contribution is -0.132. The molecule has 0 bridgehead atoms. The summed E-state index contributed by atoms with van der Waals surface area (Å²) in [7, 11) is 0. The summed E-state index contributed by atoms with van der Waals surface area (Å²) >= 11 is 0. The van der Waals surface area contributed by atoms with Crippen LogP contribution in [0.3, 0.4) is 0 Å². The number of amides is 1. The number of carbonyl (C=O) groups is 1. The van der Waals surface area contributed by atoms with Gasteiger partial charge >= 0.3 is 0 Å². The second-order valence-corrected chi connectivity index (χ2v) is 7.78. The molecule has 4 rings (SSSR count). The third-order valence-electron chi connectivity index (χ3n) is 5.72. The van der Waals surface area contributed by atoms with E-state index in [0.29, 0.717) is 6.42 Å². The Kier molecular flexibility index (Phi) is 6.34. The Hall–Kier alpha value is -2.24. The molecule has 0 N–H and O–H groups in total. The molecule has 0 spiro atoms. The topological polar surface area (TPSA) is 45.7 Å². The predicted molar refractivity (Wildman–Crippen MR) is 109 cm³/mol. The molecular weight excluding hydrogens is 350 g/mol. The molecule has 1 amide bonds. The monoisotopic (exact) mass is 379 g/mol. The number of rotatable bonds is 7. The second kappa shape index (κ2) is 9.30. The molecule has 1 aromatic carbocycles. The summed E-state index contributed by atoms with van der Waals surface area (Å²) in [6, 6.07) is 14.5. The summed E-state index contributed by atoms with van der Waals surface area (Å²) in [4.78, 5) is 21.6.